The van der Waals surface area contributed by atoms with E-state index in [2.05, 4.69) is 32.7 Å². The summed E-state index contributed by atoms with van der Waals surface area (Å²) >= 11 is 0. The second kappa shape index (κ2) is 12.3. The molecule has 0 saturated carbocycles. The number of aryl methyl sites for hydroxylation is 1. The lowest BCUT2D eigenvalue weighted by atomic mass is 10.1. The van der Waals surface area contributed by atoms with Gasteiger partial charge in [-0.1, -0.05) is 6.92 Å². The first kappa shape index (κ1) is 23.8. The van der Waals surface area contributed by atoms with E-state index in [1.165, 1.54) is 0 Å². The molecule has 1 aromatic carbocycles. The SMILES string of the molecule is CCc1nncn1CCNC(=NC)NCc1cc(OC)c(OC)cc1OC.I. The van der Waals surface area contributed by atoms with E-state index in [1.807, 2.05) is 16.7 Å². The molecule has 28 heavy (non-hydrogen) atoms. The number of halogens is 1. The molecule has 10 heteroatoms. The lowest BCUT2D eigenvalue weighted by Crippen LogP contribution is -2.38. The fraction of sp³-hybridized carbons (Fsp3) is 0.500. The minimum Gasteiger partial charge on any atom is -0.496 e. The average Bonchev–Trinajstić information content (AvgIpc) is 3.17. The van der Waals surface area contributed by atoms with Gasteiger partial charge in [-0.05, 0) is 6.07 Å². The topological polar surface area (TPSA) is 94.8 Å². The quantitative estimate of drug-likeness (QED) is 0.306. The number of ether oxygens (including phenoxy) is 3. The zero-order valence-corrected chi connectivity index (χ0v) is 19.3. The summed E-state index contributed by atoms with van der Waals surface area (Å²) in [5.74, 6) is 3.65. The molecule has 0 aliphatic heterocycles. The van der Waals surface area contributed by atoms with Gasteiger partial charge < -0.3 is 29.4 Å². The average molecular weight is 504 g/mol. The van der Waals surface area contributed by atoms with Crippen molar-refractivity contribution in [1.82, 2.24) is 25.4 Å². The van der Waals surface area contributed by atoms with E-state index in [-0.39, 0.29) is 24.0 Å². The van der Waals surface area contributed by atoms with Crippen LogP contribution in [-0.4, -0.2) is 55.6 Å². The van der Waals surface area contributed by atoms with Gasteiger partial charge in [0, 0.05) is 44.7 Å². The second-order valence-corrected chi connectivity index (χ2v) is 5.67. The number of aromatic nitrogens is 3. The van der Waals surface area contributed by atoms with Gasteiger partial charge in [0.1, 0.15) is 17.9 Å². The van der Waals surface area contributed by atoms with Gasteiger partial charge in [-0.25, -0.2) is 0 Å². The first-order chi connectivity index (χ1) is 13.2. The molecular weight excluding hydrogens is 475 g/mol. The Hall–Kier alpha value is -2.24. The molecule has 2 aromatic rings. The molecular formula is C18H29IN6O3. The fourth-order valence-corrected chi connectivity index (χ4v) is 2.66. The number of hydrogen-bond acceptors (Lipinski definition) is 6. The van der Waals surface area contributed by atoms with Gasteiger partial charge in [0.15, 0.2) is 17.5 Å². The summed E-state index contributed by atoms with van der Waals surface area (Å²) in [4.78, 5) is 4.25. The minimum atomic E-state index is 0. The van der Waals surface area contributed by atoms with Gasteiger partial charge in [0.2, 0.25) is 0 Å². The number of nitrogens with zero attached hydrogens (tertiary/aromatic N) is 4. The van der Waals surface area contributed by atoms with Crippen LogP contribution in [0.5, 0.6) is 17.2 Å². The Labute approximate surface area is 182 Å². The summed E-state index contributed by atoms with van der Waals surface area (Å²) in [5, 5.41) is 14.6. The summed E-state index contributed by atoms with van der Waals surface area (Å²) in [6.45, 7) is 4.05. The number of rotatable bonds is 9. The Bertz CT molecular complexity index is 766. The molecule has 0 spiro atoms. The van der Waals surface area contributed by atoms with Gasteiger partial charge in [0.05, 0.1) is 21.3 Å². The highest BCUT2D eigenvalue weighted by Gasteiger charge is 2.12. The third kappa shape index (κ3) is 6.14. The molecule has 0 unspecified atom stereocenters. The molecule has 1 aromatic heterocycles. The maximum Gasteiger partial charge on any atom is 0.191 e. The normalized spacial score (nSPS) is 10.8. The fourth-order valence-electron chi connectivity index (χ4n) is 2.66. The Morgan fingerprint density at radius 3 is 2.36 bits per heavy atom. The minimum absolute atomic E-state index is 0. The molecule has 0 fully saturated rings. The van der Waals surface area contributed by atoms with E-state index >= 15 is 0 Å². The summed E-state index contributed by atoms with van der Waals surface area (Å²) < 4.78 is 18.2. The van der Waals surface area contributed by atoms with Crippen molar-refractivity contribution in [3.8, 4) is 17.2 Å². The number of nitrogens with one attached hydrogen (secondary N) is 2. The first-order valence-electron chi connectivity index (χ1n) is 8.76. The van der Waals surface area contributed by atoms with E-state index in [1.54, 1.807) is 34.7 Å². The van der Waals surface area contributed by atoms with Crippen molar-refractivity contribution in [2.24, 2.45) is 4.99 Å². The van der Waals surface area contributed by atoms with Crippen molar-refractivity contribution in [2.75, 3.05) is 34.9 Å². The van der Waals surface area contributed by atoms with Crippen molar-refractivity contribution < 1.29 is 14.2 Å². The maximum atomic E-state index is 5.46. The second-order valence-electron chi connectivity index (χ2n) is 5.67. The Balaban J connectivity index is 0.00000392. The predicted molar refractivity (Wildman–Crippen MR) is 119 cm³/mol. The van der Waals surface area contributed by atoms with E-state index in [9.17, 15) is 0 Å². The van der Waals surface area contributed by atoms with Crippen molar-refractivity contribution in [3.05, 3.63) is 29.8 Å². The Morgan fingerprint density at radius 1 is 1.07 bits per heavy atom. The molecule has 1 heterocycles. The summed E-state index contributed by atoms with van der Waals surface area (Å²) in [7, 11) is 6.57. The van der Waals surface area contributed by atoms with E-state index < -0.39 is 0 Å². The molecule has 0 atom stereocenters. The van der Waals surface area contributed by atoms with Gasteiger partial charge in [-0.15, -0.1) is 34.2 Å². The Morgan fingerprint density at radius 2 is 1.75 bits per heavy atom. The standard InChI is InChI=1S/C18H28N6O3.HI/c1-6-17-23-22-12-24(17)8-7-20-18(19-2)21-11-13-9-15(26-4)16(27-5)10-14(13)25-3;/h9-10,12H,6-8,11H2,1-5H3,(H2,19,20,21);1H. The molecule has 0 amide bonds. The zero-order valence-electron chi connectivity index (χ0n) is 17.0. The van der Waals surface area contributed by atoms with Crippen LogP contribution >= 0.6 is 24.0 Å². The van der Waals surface area contributed by atoms with Crippen LogP contribution in [0.3, 0.4) is 0 Å². The molecule has 0 bridgehead atoms. The predicted octanol–water partition coefficient (Wildman–Crippen LogP) is 1.85. The maximum absolute atomic E-state index is 5.46. The molecule has 0 radical (unpaired) electrons. The van der Waals surface area contributed by atoms with E-state index in [0.29, 0.717) is 36.3 Å². The van der Waals surface area contributed by atoms with Crippen molar-refractivity contribution in [1.29, 1.82) is 0 Å². The van der Waals surface area contributed by atoms with Crippen molar-refractivity contribution in [3.63, 3.8) is 0 Å². The number of guanidine groups is 1. The van der Waals surface area contributed by atoms with Crippen LogP contribution in [0.1, 0.15) is 18.3 Å². The smallest absolute Gasteiger partial charge is 0.191 e. The summed E-state index contributed by atoms with van der Waals surface area (Å²) in [6, 6.07) is 3.70. The van der Waals surface area contributed by atoms with Crippen LogP contribution in [0.15, 0.2) is 23.5 Å². The lowest BCUT2D eigenvalue weighted by molar-refractivity contribution is 0.347. The van der Waals surface area contributed by atoms with Crippen LogP contribution in [0.4, 0.5) is 0 Å². The van der Waals surface area contributed by atoms with Gasteiger partial charge in [-0.2, -0.15) is 0 Å². The lowest BCUT2D eigenvalue weighted by Gasteiger charge is -2.16. The van der Waals surface area contributed by atoms with Crippen LogP contribution in [0.25, 0.3) is 0 Å². The first-order valence-corrected chi connectivity index (χ1v) is 8.76. The molecule has 0 aliphatic carbocycles. The Kier molecular flexibility index (Phi) is 10.4. The molecule has 2 N–H and O–H groups in total. The zero-order chi connectivity index (χ0) is 19.6. The van der Waals surface area contributed by atoms with Crippen LogP contribution in [0, 0.1) is 0 Å². The van der Waals surface area contributed by atoms with Gasteiger partial charge >= 0.3 is 0 Å². The van der Waals surface area contributed by atoms with E-state index in [0.717, 1.165) is 24.4 Å². The van der Waals surface area contributed by atoms with Crippen molar-refractivity contribution >= 4 is 29.9 Å². The largest absolute Gasteiger partial charge is 0.496 e. The third-order valence-electron chi connectivity index (χ3n) is 4.11. The monoisotopic (exact) mass is 504 g/mol. The van der Waals surface area contributed by atoms with E-state index in [4.69, 9.17) is 14.2 Å². The van der Waals surface area contributed by atoms with Crippen LogP contribution in [-0.2, 0) is 19.5 Å². The van der Waals surface area contributed by atoms with Crippen LogP contribution < -0.4 is 24.8 Å². The van der Waals surface area contributed by atoms with Gasteiger partial charge in [-0.3, -0.25) is 4.99 Å². The molecule has 9 nitrogen and oxygen atoms in total. The molecule has 156 valence electrons. The number of methoxy groups -OCH3 is 3. The molecule has 0 saturated heterocycles. The molecule has 0 aliphatic rings. The van der Waals surface area contributed by atoms with Crippen LogP contribution in [0.2, 0.25) is 0 Å². The number of aliphatic imine (C=N–C) groups is 1. The summed E-state index contributed by atoms with van der Waals surface area (Å²) in [5.41, 5.74) is 0.935. The number of hydrogen-bond donors (Lipinski definition) is 2. The highest BCUT2D eigenvalue weighted by molar-refractivity contribution is 14.0. The third-order valence-corrected chi connectivity index (χ3v) is 4.11. The van der Waals surface area contributed by atoms with Gasteiger partial charge in [0.25, 0.3) is 0 Å². The van der Waals surface area contributed by atoms with Crippen molar-refractivity contribution in [2.45, 2.75) is 26.4 Å². The highest BCUT2D eigenvalue weighted by Crippen LogP contribution is 2.34. The summed E-state index contributed by atoms with van der Waals surface area (Å²) in [6.07, 6.45) is 2.59. The highest BCUT2D eigenvalue weighted by atomic mass is 127. The molecule has 2 rings (SSSR count). The number of benzene rings is 1.